The highest BCUT2D eigenvalue weighted by Crippen LogP contribution is 2.12. The lowest BCUT2D eigenvalue weighted by atomic mass is 10.1. The quantitative estimate of drug-likeness (QED) is 0.768. The molecule has 0 aliphatic rings. The summed E-state index contributed by atoms with van der Waals surface area (Å²) >= 11 is 1.41. The minimum Gasteiger partial charge on any atom is -0.302 e. The van der Waals surface area contributed by atoms with E-state index in [1.54, 1.807) is 18.3 Å². The van der Waals surface area contributed by atoms with Crippen LogP contribution in [0, 0.1) is 0 Å². The first-order valence-electron chi connectivity index (χ1n) is 4.88. The predicted molar refractivity (Wildman–Crippen MR) is 68.5 cm³/mol. The van der Waals surface area contributed by atoms with Crippen LogP contribution in [0.5, 0.6) is 0 Å². The largest absolute Gasteiger partial charge is 0.302 e. The first kappa shape index (κ1) is 12.4. The van der Waals surface area contributed by atoms with Gasteiger partial charge in [-0.3, -0.25) is 4.79 Å². The van der Waals surface area contributed by atoms with Crippen LogP contribution < -0.4 is 5.32 Å². The maximum atomic E-state index is 11.5. The highest BCUT2D eigenvalue weighted by atomic mass is 32.1. The Morgan fingerprint density at radius 1 is 1.56 bits per heavy atom. The second-order valence-corrected chi connectivity index (χ2v) is 4.03. The Bertz CT molecular complexity index is 393. The van der Waals surface area contributed by atoms with E-state index in [0.29, 0.717) is 18.0 Å². The van der Waals surface area contributed by atoms with Gasteiger partial charge in [0, 0.05) is 18.0 Å². The van der Waals surface area contributed by atoms with Crippen LogP contribution in [-0.2, 0) is 4.79 Å². The molecule has 1 heterocycles. The number of nitrogens with one attached hydrogen (secondary N) is 1. The van der Waals surface area contributed by atoms with E-state index in [4.69, 9.17) is 0 Å². The number of amides is 1. The molecule has 0 saturated carbocycles. The molecule has 84 valence electrons. The standard InChI is InChI=1S/C12H14N2OS/c1-3-4-5-10(2)6-7-11(15)14-12-13-8-9-16-12/h3-5,8-9H,1-2,6-7H2,(H,13,14,15)/b5-4-. The second-order valence-electron chi connectivity index (χ2n) is 3.14. The summed E-state index contributed by atoms with van der Waals surface area (Å²) in [7, 11) is 0. The van der Waals surface area contributed by atoms with E-state index in [-0.39, 0.29) is 5.91 Å². The summed E-state index contributed by atoms with van der Waals surface area (Å²) in [5, 5.41) is 5.17. The Balaban J connectivity index is 2.27. The molecular weight excluding hydrogens is 220 g/mol. The molecular formula is C12H14N2OS. The normalized spacial score (nSPS) is 10.2. The molecule has 3 nitrogen and oxygen atoms in total. The highest BCUT2D eigenvalue weighted by molar-refractivity contribution is 7.13. The summed E-state index contributed by atoms with van der Waals surface area (Å²) < 4.78 is 0. The Hall–Kier alpha value is -1.68. The SMILES string of the molecule is C=C/C=C\C(=C)CCC(=O)Nc1nccs1. The third-order valence-corrected chi connectivity index (χ3v) is 2.51. The van der Waals surface area contributed by atoms with E-state index in [1.807, 2.05) is 11.5 Å². The third kappa shape index (κ3) is 4.70. The van der Waals surface area contributed by atoms with Crippen LogP contribution in [0.1, 0.15) is 12.8 Å². The highest BCUT2D eigenvalue weighted by Gasteiger charge is 2.03. The minimum absolute atomic E-state index is 0.0388. The van der Waals surface area contributed by atoms with Crippen molar-refractivity contribution in [1.82, 2.24) is 4.98 Å². The Morgan fingerprint density at radius 3 is 3.00 bits per heavy atom. The van der Waals surface area contributed by atoms with Gasteiger partial charge in [-0.2, -0.15) is 0 Å². The lowest BCUT2D eigenvalue weighted by Gasteiger charge is -2.01. The minimum atomic E-state index is -0.0388. The fourth-order valence-electron chi connectivity index (χ4n) is 1.03. The Morgan fingerprint density at radius 2 is 2.38 bits per heavy atom. The molecule has 0 bridgehead atoms. The molecule has 0 unspecified atom stereocenters. The predicted octanol–water partition coefficient (Wildman–Crippen LogP) is 3.16. The molecule has 0 aliphatic heterocycles. The van der Waals surface area contributed by atoms with Crippen molar-refractivity contribution in [3.05, 3.63) is 48.5 Å². The Labute approximate surface area is 99.2 Å². The average Bonchev–Trinajstić information content (AvgIpc) is 2.76. The van der Waals surface area contributed by atoms with Crippen molar-refractivity contribution in [1.29, 1.82) is 0 Å². The second kappa shape index (κ2) is 6.74. The van der Waals surface area contributed by atoms with Crippen LogP contribution in [0.2, 0.25) is 0 Å². The van der Waals surface area contributed by atoms with Gasteiger partial charge in [-0.05, 0) is 6.42 Å². The molecule has 0 saturated heterocycles. The zero-order valence-corrected chi connectivity index (χ0v) is 9.80. The van der Waals surface area contributed by atoms with Crippen LogP contribution >= 0.6 is 11.3 Å². The summed E-state index contributed by atoms with van der Waals surface area (Å²) in [4.78, 5) is 15.4. The van der Waals surface area contributed by atoms with Crippen molar-refractivity contribution >= 4 is 22.4 Å². The van der Waals surface area contributed by atoms with Gasteiger partial charge in [0.1, 0.15) is 0 Å². The maximum absolute atomic E-state index is 11.5. The van der Waals surface area contributed by atoms with Crippen LogP contribution in [0.15, 0.2) is 48.5 Å². The number of nitrogens with zero attached hydrogens (tertiary/aromatic N) is 1. The van der Waals surface area contributed by atoms with E-state index in [1.165, 1.54) is 11.3 Å². The van der Waals surface area contributed by atoms with Gasteiger partial charge in [0.2, 0.25) is 5.91 Å². The van der Waals surface area contributed by atoms with Gasteiger partial charge >= 0.3 is 0 Å². The van der Waals surface area contributed by atoms with Crippen molar-refractivity contribution in [2.75, 3.05) is 5.32 Å². The first-order chi connectivity index (χ1) is 7.72. The van der Waals surface area contributed by atoms with E-state index >= 15 is 0 Å². The number of carbonyl (C=O) groups excluding carboxylic acids is 1. The molecule has 16 heavy (non-hydrogen) atoms. The Kier molecular flexibility index (Phi) is 5.22. The van der Waals surface area contributed by atoms with Gasteiger partial charge in [0.05, 0.1) is 0 Å². The number of hydrogen-bond donors (Lipinski definition) is 1. The fourth-order valence-corrected chi connectivity index (χ4v) is 1.57. The van der Waals surface area contributed by atoms with Crippen LogP contribution in [0.3, 0.4) is 0 Å². The molecule has 0 fully saturated rings. The molecule has 0 aliphatic carbocycles. The van der Waals surface area contributed by atoms with Gasteiger partial charge in [-0.15, -0.1) is 11.3 Å². The number of carbonyl (C=O) groups is 1. The van der Waals surface area contributed by atoms with Crippen molar-refractivity contribution in [3.8, 4) is 0 Å². The molecule has 0 aromatic carbocycles. The topological polar surface area (TPSA) is 42.0 Å². The lowest BCUT2D eigenvalue weighted by molar-refractivity contribution is -0.116. The molecule has 1 N–H and O–H groups in total. The van der Waals surface area contributed by atoms with E-state index < -0.39 is 0 Å². The molecule has 0 radical (unpaired) electrons. The maximum Gasteiger partial charge on any atom is 0.226 e. The number of hydrogen-bond acceptors (Lipinski definition) is 3. The van der Waals surface area contributed by atoms with E-state index in [9.17, 15) is 4.79 Å². The van der Waals surface area contributed by atoms with Crippen LogP contribution in [-0.4, -0.2) is 10.9 Å². The summed E-state index contributed by atoms with van der Waals surface area (Å²) in [6.07, 6.45) is 8.05. The van der Waals surface area contributed by atoms with Crippen molar-refractivity contribution in [2.24, 2.45) is 0 Å². The van der Waals surface area contributed by atoms with E-state index in [0.717, 1.165) is 5.57 Å². The molecule has 1 amide bonds. The molecule has 1 aromatic heterocycles. The first-order valence-corrected chi connectivity index (χ1v) is 5.76. The van der Waals surface area contributed by atoms with Crippen molar-refractivity contribution in [2.45, 2.75) is 12.8 Å². The zero-order chi connectivity index (χ0) is 11.8. The summed E-state index contributed by atoms with van der Waals surface area (Å²) in [5.41, 5.74) is 0.911. The third-order valence-electron chi connectivity index (χ3n) is 1.82. The molecule has 0 spiro atoms. The number of rotatable bonds is 6. The fraction of sp³-hybridized carbons (Fsp3) is 0.167. The molecule has 4 heteroatoms. The monoisotopic (exact) mass is 234 g/mol. The van der Waals surface area contributed by atoms with Gasteiger partial charge in [-0.1, -0.05) is 37.0 Å². The van der Waals surface area contributed by atoms with Crippen LogP contribution in [0.25, 0.3) is 0 Å². The van der Waals surface area contributed by atoms with Crippen molar-refractivity contribution < 1.29 is 4.79 Å². The number of aromatic nitrogens is 1. The van der Waals surface area contributed by atoms with Crippen molar-refractivity contribution in [3.63, 3.8) is 0 Å². The van der Waals surface area contributed by atoms with Gasteiger partial charge in [-0.25, -0.2) is 4.98 Å². The molecule has 1 aromatic rings. The summed E-state index contributed by atoms with van der Waals surface area (Å²) in [6, 6.07) is 0. The smallest absolute Gasteiger partial charge is 0.226 e. The number of allylic oxidation sites excluding steroid dienone is 4. The summed E-state index contributed by atoms with van der Waals surface area (Å²) in [5.74, 6) is -0.0388. The number of anilines is 1. The molecule has 1 rings (SSSR count). The summed E-state index contributed by atoms with van der Waals surface area (Å²) in [6.45, 7) is 7.40. The van der Waals surface area contributed by atoms with Gasteiger partial charge < -0.3 is 5.32 Å². The van der Waals surface area contributed by atoms with Gasteiger partial charge in [0.25, 0.3) is 0 Å². The average molecular weight is 234 g/mol. The van der Waals surface area contributed by atoms with E-state index in [2.05, 4.69) is 23.5 Å². The number of thiazole rings is 1. The zero-order valence-electron chi connectivity index (χ0n) is 8.98. The lowest BCUT2D eigenvalue weighted by Crippen LogP contribution is -2.10. The van der Waals surface area contributed by atoms with Gasteiger partial charge in [0.15, 0.2) is 5.13 Å². The van der Waals surface area contributed by atoms with Crippen LogP contribution in [0.4, 0.5) is 5.13 Å². The molecule has 0 atom stereocenters.